The molecular formula is C11H21NO3. The van der Waals surface area contributed by atoms with Gasteiger partial charge >= 0.3 is 5.97 Å². The Labute approximate surface area is 91.2 Å². The second-order valence-electron chi connectivity index (χ2n) is 4.85. The summed E-state index contributed by atoms with van der Waals surface area (Å²) in [5.41, 5.74) is -0.247. The Kier molecular flexibility index (Phi) is 3.73. The van der Waals surface area contributed by atoms with Gasteiger partial charge in [-0.2, -0.15) is 0 Å². The lowest BCUT2D eigenvalue weighted by Crippen LogP contribution is -2.53. The molecule has 2 unspecified atom stereocenters. The van der Waals surface area contributed by atoms with Crippen LogP contribution in [-0.2, 0) is 9.53 Å². The lowest BCUT2D eigenvalue weighted by molar-refractivity contribution is -0.146. The van der Waals surface area contributed by atoms with Crippen LogP contribution < -0.4 is 0 Å². The molecule has 4 nitrogen and oxygen atoms in total. The fourth-order valence-electron chi connectivity index (χ4n) is 2.60. The second-order valence-corrected chi connectivity index (χ2v) is 4.85. The molecule has 0 amide bonds. The quantitative estimate of drug-likeness (QED) is 0.772. The first kappa shape index (κ1) is 12.5. The van der Waals surface area contributed by atoms with Gasteiger partial charge in [0.1, 0.15) is 0 Å². The van der Waals surface area contributed by atoms with E-state index < -0.39 is 5.97 Å². The maximum atomic E-state index is 10.9. The molecule has 0 spiro atoms. The molecule has 0 bridgehead atoms. The van der Waals surface area contributed by atoms with E-state index in [1.807, 2.05) is 32.8 Å². The summed E-state index contributed by atoms with van der Waals surface area (Å²) >= 11 is 0. The molecule has 4 heteroatoms. The number of hydrogen-bond acceptors (Lipinski definition) is 3. The third kappa shape index (κ3) is 2.92. The molecule has 1 fully saturated rings. The molecule has 0 aliphatic carbocycles. The predicted molar refractivity (Wildman–Crippen MR) is 57.9 cm³/mol. The zero-order valence-corrected chi connectivity index (χ0v) is 9.99. The number of aliphatic carboxylic acids is 1. The number of rotatable bonds is 3. The Bertz CT molecular complexity index is 230. The monoisotopic (exact) mass is 215 g/mol. The van der Waals surface area contributed by atoms with Gasteiger partial charge in [0, 0.05) is 5.54 Å². The van der Waals surface area contributed by atoms with Crippen LogP contribution in [0.3, 0.4) is 0 Å². The Hall–Kier alpha value is -0.610. The van der Waals surface area contributed by atoms with Crippen LogP contribution in [0.25, 0.3) is 0 Å². The van der Waals surface area contributed by atoms with Crippen molar-refractivity contribution < 1.29 is 14.6 Å². The fraction of sp³-hybridized carbons (Fsp3) is 0.909. The van der Waals surface area contributed by atoms with Gasteiger partial charge in [-0.15, -0.1) is 0 Å². The van der Waals surface area contributed by atoms with Gasteiger partial charge in [0.05, 0.1) is 18.6 Å². The number of ether oxygens (including phenoxy) is 1. The van der Waals surface area contributed by atoms with Crippen LogP contribution in [0.2, 0.25) is 0 Å². The van der Waals surface area contributed by atoms with E-state index in [0.29, 0.717) is 0 Å². The number of carbonyl (C=O) groups is 1. The van der Waals surface area contributed by atoms with E-state index in [1.165, 1.54) is 0 Å². The number of hydrogen-bond donors (Lipinski definition) is 1. The first-order valence-electron chi connectivity index (χ1n) is 5.40. The molecule has 1 aliphatic heterocycles. The van der Waals surface area contributed by atoms with Crippen LogP contribution in [0.1, 0.15) is 33.1 Å². The van der Waals surface area contributed by atoms with Crippen molar-refractivity contribution in [2.75, 3.05) is 14.1 Å². The Morgan fingerprint density at radius 3 is 2.20 bits per heavy atom. The largest absolute Gasteiger partial charge is 0.481 e. The van der Waals surface area contributed by atoms with Crippen molar-refractivity contribution in [3.05, 3.63) is 0 Å². The lowest BCUT2D eigenvalue weighted by atomic mass is 9.80. The minimum atomic E-state index is -0.731. The van der Waals surface area contributed by atoms with E-state index in [0.717, 1.165) is 12.8 Å². The van der Waals surface area contributed by atoms with Crippen LogP contribution in [0.5, 0.6) is 0 Å². The minimum absolute atomic E-state index is 0.135. The summed E-state index contributed by atoms with van der Waals surface area (Å²) in [5, 5.41) is 8.98. The molecule has 1 rings (SSSR count). The van der Waals surface area contributed by atoms with E-state index in [-0.39, 0.29) is 24.2 Å². The van der Waals surface area contributed by atoms with Crippen LogP contribution in [0.15, 0.2) is 0 Å². The van der Waals surface area contributed by atoms with Crippen molar-refractivity contribution >= 4 is 5.97 Å². The van der Waals surface area contributed by atoms with Crippen LogP contribution >= 0.6 is 0 Å². The maximum Gasteiger partial charge on any atom is 0.305 e. The Morgan fingerprint density at radius 1 is 1.40 bits per heavy atom. The molecule has 1 heterocycles. The number of carboxylic acids is 1. The van der Waals surface area contributed by atoms with E-state index in [2.05, 4.69) is 0 Å². The zero-order valence-electron chi connectivity index (χ0n) is 9.99. The van der Waals surface area contributed by atoms with E-state index >= 15 is 0 Å². The number of carboxylic acid groups (broad SMARTS) is 1. The molecule has 0 aromatic rings. The molecular weight excluding hydrogens is 194 g/mol. The van der Waals surface area contributed by atoms with Gasteiger partial charge in [0.15, 0.2) is 0 Å². The van der Waals surface area contributed by atoms with Gasteiger partial charge in [-0.25, -0.2) is 0 Å². The normalized spacial score (nSPS) is 36.9. The highest BCUT2D eigenvalue weighted by Gasteiger charge is 2.41. The molecule has 1 aliphatic rings. The summed E-state index contributed by atoms with van der Waals surface area (Å²) in [6, 6.07) is 0. The summed E-state index contributed by atoms with van der Waals surface area (Å²) in [6.45, 7) is 4.02. The zero-order chi connectivity index (χ0) is 11.6. The van der Waals surface area contributed by atoms with Crippen LogP contribution in [0.4, 0.5) is 0 Å². The molecule has 0 aromatic carbocycles. The smallest absolute Gasteiger partial charge is 0.305 e. The predicted octanol–water partition coefficient (Wildman–Crippen LogP) is 1.35. The standard InChI is InChI=1S/C11H21NO3/c1-8-5-11(12(3)4,7-10(13)14)6-9(2)15-8/h8-9H,5-7H2,1-4H3,(H,13,14). The summed E-state index contributed by atoms with van der Waals surface area (Å²) in [5.74, 6) is -0.731. The van der Waals surface area contributed by atoms with E-state index in [4.69, 9.17) is 9.84 Å². The summed E-state index contributed by atoms with van der Waals surface area (Å²) in [7, 11) is 3.90. The second kappa shape index (κ2) is 4.49. The highest BCUT2D eigenvalue weighted by Crippen LogP contribution is 2.35. The lowest BCUT2D eigenvalue weighted by Gasteiger charge is -2.46. The van der Waals surface area contributed by atoms with Gasteiger partial charge in [0.2, 0.25) is 0 Å². The van der Waals surface area contributed by atoms with Crippen molar-refractivity contribution in [1.82, 2.24) is 4.90 Å². The molecule has 0 radical (unpaired) electrons. The molecule has 2 atom stereocenters. The Balaban J connectivity index is 2.84. The van der Waals surface area contributed by atoms with Crippen molar-refractivity contribution in [1.29, 1.82) is 0 Å². The third-order valence-electron chi connectivity index (χ3n) is 3.23. The van der Waals surface area contributed by atoms with Gasteiger partial charge in [0.25, 0.3) is 0 Å². The van der Waals surface area contributed by atoms with Crippen molar-refractivity contribution in [3.63, 3.8) is 0 Å². The molecule has 0 saturated carbocycles. The average Bonchev–Trinajstić information content (AvgIpc) is 1.99. The van der Waals surface area contributed by atoms with E-state index in [9.17, 15) is 4.79 Å². The summed E-state index contributed by atoms with van der Waals surface area (Å²) < 4.78 is 5.65. The molecule has 15 heavy (non-hydrogen) atoms. The first-order chi connectivity index (χ1) is 6.85. The maximum absolute atomic E-state index is 10.9. The summed E-state index contributed by atoms with van der Waals surface area (Å²) in [4.78, 5) is 13.0. The Morgan fingerprint density at radius 2 is 1.87 bits per heavy atom. The van der Waals surface area contributed by atoms with Crippen molar-refractivity contribution in [3.8, 4) is 0 Å². The van der Waals surface area contributed by atoms with Gasteiger partial charge in [-0.3, -0.25) is 4.79 Å². The average molecular weight is 215 g/mol. The third-order valence-corrected chi connectivity index (χ3v) is 3.23. The number of nitrogens with zero attached hydrogens (tertiary/aromatic N) is 1. The highest BCUT2D eigenvalue weighted by molar-refractivity contribution is 5.68. The van der Waals surface area contributed by atoms with Crippen molar-refractivity contribution in [2.45, 2.75) is 50.9 Å². The molecule has 1 saturated heterocycles. The topological polar surface area (TPSA) is 49.8 Å². The SMILES string of the molecule is CC1CC(CC(=O)O)(N(C)C)CC(C)O1. The van der Waals surface area contributed by atoms with E-state index in [1.54, 1.807) is 0 Å². The van der Waals surface area contributed by atoms with Gasteiger partial charge in [-0.1, -0.05) is 0 Å². The van der Waals surface area contributed by atoms with Gasteiger partial charge < -0.3 is 14.7 Å². The highest BCUT2D eigenvalue weighted by atomic mass is 16.5. The molecule has 1 N–H and O–H groups in total. The summed E-state index contributed by atoms with van der Waals surface area (Å²) in [6.07, 6.45) is 2.04. The van der Waals surface area contributed by atoms with Crippen LogP contribution in [-0.4, -0.2) is 47.8 Å². The fourth-order valence-corrected chi connectivity index (χ4v) is 2.60. The molecule has 88 valence electrons. The van der Waals surface area contributed by atoms with Crippen molar-refractivity contribution in [2.24, 2.45) is 0 Å². The van der Waals surface area contributed by atoms with Gasteiger partial charge in [-0.05, 0) is 40.8 Å². The van der Waals surface area contributed by atoms with Crippen LogP contribution in [0, 0.1) is 0 Å². The minimum Gasteiger partial charge on any atom is -0.481 e. The molecule has 0 aromatic heterocycles. The first-order valence-corrected chi connectivity index (χ1v) is 5.40.